The Hall–Kier alpha value is -1.36. The number of hydrogen-bond donors (Lipinski definition) is 2. The van der Waals surface area contributed by atoms with E-state index in [1.807, 2.05) is 0 Å². The van der Waals surface area contributed by atoms with Crippen LogP contribution < -0.4 is 16.5 Å². The van der Waals surface area contributed by atoms with E-state index < -0.39 is 0 Å². The summed E-state index contributed by atoms with van der Waals surface area (Å²) in [5.74, 6) is 0.684. The van der Waals surface area contributed by atoms with Gasteiger partial charge in [0.2, 0.25) is 0 Å². The third-order valence-corrected chi connectivity index (χ3v) is 1.30. The summed E-state index contributed by atoms with van der Waals surface area (Å²) < 4.78 is 1.32. The molecule has 2 heterocycles. The molecule has 0 bridgehead atoms. The molecule has 2 N–H and O–H groups in total. The molecular weight excluding hydrogens is 132 g/mol. The Balaban J connectivity index is 2.70. The lowest BCUT2D eigenvalue weighted by atomic mass is 10.5. The average Bonchev–Trinajstić information content (AvgIpc) is 2.36. The van der Waals surface area contributed by atoms with Crippen LogP contribution in [0.1, 0.15) is 5.82 Å². The zero-order valence-corrected chi connectivity index (χ0v) is 5.09. The van der Waals surface area contributed by atoms with Crippen LogP contribution in [-0.4, -0.2) is 9.66 Å². The Morgan fingerprint density at radius 1 is 1.80 bits per heavy atom. The zero-order valence-electron chi connectivity index (χ0n) is 5.09. The van der Waals surface area contributed by atoms with Crippen LogP contribution in [0.5, 0.6) is 0 Å². The standard InChI is InChI=1S/C5H5N4O/c10-5-1-2-6-4-3-7-8-9(4)5/h2,7-8H,3H2. The van der Waals surface area contributed by atoms with Crippen LogP contribution in [0.3, 0.4) is 0 Å². The van der Waals surface area contributed by atoms with Gasteiger partial charge in [-0.1, -0.05) is 0 Å². The van der Waals surface area contributed by atoms with E-state index in [0.29, 0.717) is 12.4 Å². The van der Waals surface area contributed by atoms with Gasteiger partial charge in [0.15, 0.2) is 0 Å². The smallest absolute Gasteiger partial charge is 0.267 e. The highest BCUT2D eigenvalue weighted by molar-refractivity contribution is 4.98. The van der Waals surface area contributed by atoms with Gasteiger partial charge in [-0.3, -0.25) is 10.3 Å². The maximum atomic E-state index is 10.9. The van der Waals surface area contributed by atoms with E-state index >= 15 is 0 Å². The molecule has 0 saturated carbocycles. The van der Waals surface area contributed by atoms with Gasteiger partial charge in [0, 0.05) is 6.20 Å². The highest BCUT2D eigenvalue weighted by atomic mass is 16.1. The van der Waals surface area contributed by atoms with Gasteiger partial charge in [0.1, 0.15) is 5.82 Å². The third-order valence-electron chi connectivity index (χ3n) is 1.30. The molecule has 0 spiro atoms. The summed E-state index contributed by atoms with van der Waals surface area (Å²) in [6.45, 7) is 0.573. The minimum Gasteiger partial charge on any atom is -0.267 e. The first-order chi connectivity index (χ1) is 4.88. The van der Waals surface area contributed by atoms with Gasteiger partial charge in [0.25, 0.3) is 5.56 Å². The van der Waals surface area contributed by atoms with E-state index in [-0.39, 0.29) is 5.56 Å². The van der Waals surface area contributed by atoms with Crippen molar-refractivity contribution >= 4 is 0 Å². The Bertz CT molecular complexity index is 305. The second kappa shape index (κ2) is 1.81. The first-order valence-corrected chi connectivity index (χ1v) is 2.85. The summed E-state index contributed by atoms with van der Waals surface area (Å²) in [7, 11) is 0. The monoisotopic (exact) mass is 137 g/mol. The predicted octanol–water partition coefficient (Wildman–Crippen LogP) is -1.39. The van der Waals surface area contributed by atoms with Crippen molar-refractivity contribution < 1.29 is 0 Å². The normalized spacial score (nSPS) is 14.4. The van der Waals surface area contributed by atoms with Crippen LogP contribution in [0.4, 0.5) is 0 Å². The lowest BCUT2D eigenvalue weighted by Crippen LogP contribution is -2.29. The highest BCUT2D eigenvalue weighted by Crippen LogP contribution is 1.91. The molecule has 1 radical (unpaired) electrons. The predicted molar refractivity (Wildman–Crippen MR) is 33.5 cm³/mol. The molecule has 1 aromatic rings. The first-order valence-electron chi connectivity index (χ1n) is 2.85. The van der Waals surface area contributed by atoms with E-state index in [1.54, 1.807) is 0 Å². The number of aromatic nitrogens is 2. The van der Waals surface area contributed by atoms with E-state index in [9.17, 15) is 4.79 Å². The van der Waals surface area contributed by atoms with Gasteiger partial charge in [-0.05, 0) is 0 Å². The summed E-state index contributed by atoms with van der Waals surface area (Å²) >= 11 is 0. The van der Waals surface area contributed by atoms with Gasteiger partial charge >= 0.3 is 0 Å². The molecule has 1 aromatic heterocycles. The summed E-state index contributed by atoms with van der Waals surface area (Å²) in [6.07, 6.45) is 1.38. The molecule has 0 fully saturated rings. The second-order valence-corrected chi connectivity index (χ2v) is 1.92. The van der Waals surface area contributed by atoms with Gasteiger partial charge in [-0.15, -0.1) is 0 Å². The van der Waals surface area contributed by atoms with E-state index in [1.165, 1.54) is 10.9 Å². The number of hydrogen-bond acceptors (Lipinski definition) is 4. The fourth-order valence-corrected chi connectivity index (χ4v) is 0.839. The second-order valence-electron chi connectivity index (χ2n) is 1.92. The van der Waals surface area contributed by atoms with Crippen molar-refractivity contribution in [1.29, 1.82) is 0 Å². The van der Waals surface area contributed by atoms with Gasteiger partial charge in [-0.2, -0.15) is 4.68 Å². The molecule has 51 valence electrons. The lowest BCUT2D eigenvalue weighted by Gasteiger charge is -1.97. The minimum absolute atomic E-state index is 0.213. The van der Waals surface area contributed by atoms with Crippen LogP contribution >= 0.6 is 0 Å². The Labute approximate surface area is 56.6 Å². The molecule has 1 aliphatic heterocycles. The summed E-state index contributed by atoms with van der Waals surface area (Å²) in [6, 6.07) is 2.43. The fourth-order valence-electron chi connectivity index (χ4n) is 0.839. The van der Waals surface area contributed by atoms with Crippen LogP contribution in [-0.2, 0) is 6.54 Å². The number of nitrogens with one attached hydrogen (secondary N) is 2. The molecule has 0 unspecified atom stereocenters. The lowest BCUT2D eigenvalue weighted by molar-refractivity contribution is 0.787. The minimum atomic E-state index is -0.213. The molecule has 1 aliphatic rings. The summed E-state index contributed by atoms with van der Waals surface area (Å²) in [4.78, 5) is 14.8. The first kappa shape index (κ1) is 5.43. The quantitative estimate of drug-likeness (QED) is 0.462. The molecule has 10 heavy (non-hydrogen) atoms. The molecule has 5 heteroatoms. The Morgan fingerprint density at radius 2 is 2.70 bits per heavy atom. The van der Waals surface area contributed by atoms with Crippen molar-refractivity contribution in [2.75, 3.05) is 5.53 Å². The topological polar surface area (TPSA) is 59.0 Å². The van der Waals surface area contributed by atoms with Crippen molar-refractivity contribution in [3.8, 4) is 0 Å². The number of rotatable bonds is 0. The molecule has 0 saturated heterocycles. The van der Waals surface area contributed by atoms with Crippen LogP contribution in [0.25, 0.3) is 0 Å². The molecule has 0 aliphatic carbocycles. The van der Waals surface area contributed by atoms with Gasteiger partial charge in [-0.25, -0.2) is 10.4 Å². The van der Waals surface area contributed by atoms with Crippen LogP contribution in [0.15, 0.2) is 11.0 Å². The number of nitrogens with zero attached hydrogens (tertiary/aromatic N) is 2. The highest BCUT2D eigenvalue weighted by Gasteiger charge is 2.09. The van der Waals surface area contributed by atoms with E-state index in [2.05, 4.69) is 22.0 Å². The van der Waals surface area contributed by atoms with Gasteiger partial charge in [0.05, 0.1) is 12.6 Å². The molecule has 2 rings (SSSR count). The SMILES string of the molecule is O=c1[c]cnc2n1NNC2. The molecule has 0 aromatic carbocycles. The maximum Gasteiger partial charge on any atom is 0.281 e. The molecule has 5 nitrogen and oxygen atoms in total. The Kier molecular flexibility index (Phi) is 0.983. The largest absolute Gasteiger partial charge is 0.281 e. The average molecular weight is 137 g/mol. The van der Waals surface area contributed by atoms with Crippen molar-refractivity contribution in [2.24, 2.45) is 0 Å². The summed E-state index contributed by atoms with van der Waals surface area (Å²) in [5, 5.41) is 0. The summed E-state index contributed by atoms with van der Waals surface area (Å²) in [5.41, 5.74) is 5.17. The third kappa shape index (κ3) is 0.608. The molecule has 0 atom stereocenters. The van der Waals surface area contributed by atoms with E-state index in [4.69, 9.17) is 0 Å². The van der Waals surface area contributed by atoms with Crippen molar-refractivity contribution in [3.63, 3.8) is 0 Å². The maximum absolute atomic E-state index is 10.9. The van der Waals surface area contributed by atoms with E-state index in [0.717, 1.165) is 0 Å². The van der Waals surface area contributed by atoms with Crippen LogP contribution in [0.2, 0.25) is 0 Å². The zero-order chi connectivity index (χ0) is 6.97. The van der Waals surface area contributed by atoms with Crippen molar-refractivity contribution in [3.05, 3.63) is 28.4 Å². The number of hydrazine groups is 1. The molecule has 0 amide bonds. The van der Waals surface area contributed by atoms with Gasteiger partial charge < -0.3 is 0 Å². The Morgan fingerprint density at radius 3 is 3.50 bits per heavy atom. The van der Waals surface area contributed by atoms with Crippen molar-refractivity contribution in [1.82, 2.24) is 15.1 Å². The van der Waals surface area contributed by atoms with Crippen molar-refractivity contribution in [2.45, 2.75) is 6.54 Å². The number of fused-ring (bicyclic) bond motifs is 1. The fraction of sp³-hybridized carbons (Fsp3) is 0.200. The molecular formula is C5H5N4O. The van der Waals surface area contributed by atoms with Crippen LogP contribution in [0, 0.1) is 6.07 Å².